The highest BCUT2D eigenvalue weighted by atomic mass is 19.4. The minimum atomic E-state index is -7.90. The van der Waals surface area contributed by atoms with Gasteiger partial charge in [0.25, 0.3) is 0 Å². The van der Waals surface area contributed by atoms with E-state index in [1.165, 1.54) is 6.92 Å². The molecule has 0 aliphatic heterocycles. The third-order valence-electron chi connectivity index (χ3n) is 3.97. The van der Waals surface area contributed by atoms with Gasteiger partial charge in [-0.1, -0.05) is 6.92 Å². The molecule has 3 nitrogen and oxygen atoms in total. The van der Waals surface area contributed by atoms with Gasteiger partial charge in [0.1, 0.15) is 0 Å². The molecule has 29 heavy (non-hydrogen) atoms. The van der Waals surface area contributed by atoms with Crippen LogP contribution in [0, 0.1) is 5.92 Å². The Morgan fingerprint density at radius 2 is 1.14 bits per heavy atom. The zero-order valence-corrected chi connectivity index (χ0v) is 14.5. The molecule has 0 aliphatic carbocycles. The molecule has 0 heterocycles. The van der Waals surface area contributed by atoms with Crippen molar-refractivity contribution in [2.24, 2.45) is 17.4 Å². The predicted molar refractivity (Wildman–Crippen MR) is 72.4 cm³/mol. The van der Waals surface area contributed by atoms with Gasteiger partial charge in [-0.05, 0) is 12.5 Å². The molecule has 0 saturated carbocycles. The Labute approximate surface area is 155 Å². The van der Waals surface area contributed by atoms with Crippen LogP contribution in [-0.2, 0) is 4.74 Å². The van der Waals surface area contributed by atoms with E-state index in [2.05, 4.69) is 4.74 Å². The van der Waals surface area contributed by atoms with Crippen LogP contribution in [0.5, 0.6) is 0 Å². The third-order valence-corrected chi connectivity index (χ3v) is 3.97. The number of halogens is 13. The summed E-state index contributed by atoms with van der Waals surface area (Å²) in [7, 11) is 0. The lowest BCUT2D eigenvalue weighted by Gasteiger charge is -2.39. The molecule has 0 fully saturated rings. The first-order valence-corrected chi connectivity index (χ1v) is 7.61. The average Bonchev–Trinajstić information content (AvgIpc) is 2.55. The number of rotatable bonds is 11. The van der Waals surface area contributed by atoms with E-state index in [9.17, 15) is 57.1 Å². The number of hydrogen-bond donors (Lipinski definition) is 2. The molecule has 4 N–H and O–H groups in total. The van der Waals surface area contributed by atoms with E-state index >= 15 is 0 Å². The fraction of sp³-hybridized carbons (Fsp3) is 1.00. The van der Waals surface area contributed by atoms with Gasteiger partial charge in [0.05, 0.1) is 13.2 Å². The molecule has 0 radical (unpaired) electrons. The highest BCUT2D eigenvalue weighted by molar-refractivity contribution is 5.10. The summed E-state index contributed by atoms with van der Waals surface area (Å²) in [5.41, 5.74) is 10.6. The summed E-state index contributed by atoms with van der Waals surface area (Å²) in [5, 5.41) is 0. The molecule has 0 aliphatic rings. The fourth-order valence-electron chi connectivity index (χ4n) is 1.72. The molecule has 2 unspecified atom stereocenters. The summed E-state index contributed by atoms with van der Waals surface area (Å²) >= 11 is 0. The van der Waals surface area contributed by atoms with Crippen LogP contribution >= 0.6 is 0 Å². The van der Waals surface area contributed by atoms with E-state index in [1.54, 1.807) is 0 Å². The van der Waals surface area contributed by atoms with Gasteiger partial charge >= 0.3 is 35.8 Å². The molecule has 0 spiro atoms. The van der Waals surface area contributed by atoms with Crippen LogP contribution in [0.15, 0.2) is 0 Å². The van der Waals surface area contributed by atoms with Gasteiger partial charge in [-0.3, -0.25) is 0 Å². The second kappa shape index (κ2) is 8.61. The van der Waals surface area contributed by atoms with Gasteiger partial charge in [0.15, 0.2) is 0 Å². The van der Waals surface area contributed by atoms with Crippen molar-refractivity contribution in [3.8, 4) is 0 Å². The van der Waals surface area contributed by atoms with Crippen LogP contribution < -0.4 is 11.5 Å². The quantitative estimate of drug-likeness (QED) is 0.358. The lowest BCUT2D eigenvalue weighted by molar-refractivity contribution is -0.440. The van der Waals surface area contributed by atoms with E-state index in [0.29, 0.717) is 0 Å². The number of ether oxygens (including phenoxy) is 1. The molecule has 0 saturated heterocycles. The summed E-state index contributed by atoms with van der Waals surface area (Å²) in [6, 6.07) is -0.912. The first-order valence-electron chi connectivity index (χ1n) is 7.61. The molecule has 0 aromatic rings. The van der Waals surface area contributed by atoms with E-state index in [4.69, 9.17) is 11.5 Å². The van der Waals surface area contributed by atoms with Gasteiger partial charge in [0.2, 0.25) is 0 Å². The van der Waals surface area contributed by atoms with Gasteiger partial charge < -0.3 is 16.2 Å². The van der Waals surface area contributed by atoms with Gasteiger partial charge in [-0.15, -0.1) is 0 Å². The molecule has 0 rings (SSSR count). The molecule has 176 valence electrons. The van der Waals surface area contributed by atoms with Crippen LogP contribution in [0.2, 0.25) is 0 Å². The molecular formula is C13H17F13N2O. The summed E-state index contributed by atoms with van der Waals surface area (Å²) in [6.07, 6.45) is -9.84. The molecule has 0 amide bonds. The molecule has 16 heteroatoms. The monoisotopic (exact) mass is 464 g/mol. The van der Waals surface area contributed by atoms with Crippen LogP contribution in [0.4, 0.5) is 57.1 Å². The summed E-state index contributed by atoms with van der Waals surface area (Å²) in [5.74, 6) is -37.3. The van der Waals surface area contributed by atoms with Crippen LogP contribution in [0.3, 0.4) is 0 Å². The van der Waals surface area contributed by atoms with E-state index in [1.807, 2.05) is 0 Å². The predicted octanol–water partition coefficient (Wildman–Crippen LogP) is 4.05. The maximum absolute atomic E-state index is 13.4. The van der Waals surface area contributed by atoms with Gasteiger partial charge in [0, 0.05) is 12.5 Å². The largest absolute Gasteiger partial charge is 0.460 e. The van der Waals surface area contributed by atoms with Crippen LogP contribution in [-0.4, -0.2) is 61.6 Å². The summed E-state index contributed by atoms with van der Waals surface area (Å²) in [6.45, 7) is -0.614. The fourth-order valence-corrected chi connectivity index (χ4v) is 1.72. The minimum absolute atomic E-state index is 0.00647. The number of nitrogens with two attached hydrogens (primary N) is 2. The van der Waals surface area contributed by atoms with Crippen molar-refractivity contribution in [1.82, 2.24) is 0 Å². The molecular weight excluding hydrogens is 447 g/mol. The van der Waals surface area contributed by atoms with Crippen molar-refractivity contribution in [2.45, 2.75) is 55.2 Å². The topological polar surface area (TPSA) is 61.3 Å². The molecule has 0 bridgehead atoms. The number of hydrogen-bond acceptors (Lipinski definition) is 3. The van der Waals surface area contributed by atoms with E-state index in [0.717, 1.165) is 0 Å². The highest BCUT2D eigenvalue weighted by Crippen LogP contribution is 2.60. The smallest absolute Gasteiger partial charge is 0.380 e. The van der Waals surface area contributed by atoms with Gasteiger partial charge in [-0.25, -0.2) is 0 Å². The lowest BCUT2D eigenvalue weighted by Crippen LogP contribution is -2.70. The van der Waals surface area contributed by atoms with E-state index < -0.39 is 67.4 Å². The Hall–Kier alpha value is -1.03. The molecule has 0 aromatic carbocycles. The standard InChI is InChI=1S/C13H17F13N2O/c1-6(4-27)7(28)5-29-3-2-8(14,15)9(16,17)10(18,19)11(20,21)12(22,23)13(24,25)26/h6-7H,2-5,27-28H2,1H3. The third kappa shape index (κ3) is 5.00. The highest BCUT2D eigenvalue weighted by Gasteiger charge is 2.90. The van der Waals surface area contributed by atoms with Crippen molar-refractivity contribution >= 4 is 0 Å². The Kier molecular flexibility index (Phi) is 8.30. The Morgan fingerprint density at radius 3 is 1.52 bits per heavy atom. The minimum Gasteiger partial charge on any atom is -0.380 e. The first-order chi connectivity index (χ1) is 12.6. The van der Waals surface area contributed by atoms with Crippen molar-refractivity contribution in [3.05, 3.63) is 0 Å². The van der Waals surface area contributed by atoms with Gasteiger partial charge in [-0.2, -0.15) is 57.1 Å². The first kappa shape index (κ1) is 28.0. The second-order valence-electron chi connectivity index (χ2n) is 6.20. The van der Waals surface area contributed by atoms with Crippen molar-refractivity contribution < 1.29 is 61.8 Å². The summed E-state index contributed by atoms with van der Waals surface area (Å²) < 4.78 is 172. The lowest BCUT2D eigenvalue weighted by atomic mass is 9.93. The van der Waals surface area contributed by atoms with Crippen molar-refractivity contribution in [3.63, 3.8) is 0 Å². The zero-order chi connectivity index (χ0) is 23.7. The SMILES string of the molecule is CC(CN)C(N)COCCC(F)(F)C(F)(F)C(F)(F)C(F)(F)C(F)(F)C(F)(F)F. The second-order valence-corrected chi connectivity index (χ2v) is 6.20. The van der Waals surface area contributed by atoms with Crippen LogP contribution in [0.1, 0.15) is 13.3 Å². The van der Waals surface area contributed by atoms with Crippen molar-refractivity contribution in [1.29, 1.82) is 0 Å². The van der Waals surface area contributed by atoms with Crippen molar-refractivity contribution in [2.75, 3.05) is 19.8 Å². The average molecular weight is 464 g/mol. The van der Waals surface area contributed by atoms with Crippen LogP contribution in [0.25, 0.3) is 0 Å². The Balaban J connectivity index is 5.50. The zero-order valence-electron chi connectivity index (χ0n) is 14.5. The maximum atomic E-state index is 13.4. The Bertz CT molecular complexity index is 535. The van der Waals surface area contributed by atoms with E-state index in [-0.39, 0.29) is 6.54 Å². The molecule has 0 aromatic heterocycles. The normalized spacial score (nSPS) is 17.4. The number of alkyl halides is 13. The Morgan fingerprint density at radius 1 is 0.724 bits per heavy atom. The molecule has 2 atom stereocenters. The summed E-state index contributed by atoms with van der Waals surface area (Å²) in [4.78, 5) is 0. The maximum Gasteiger partial charge on any atom is 0.460 e.